The van der Waals surface area contributed by atoms with Crippen molar-refractivity contribution in [1.82, 2.24) is 9.55 Å². The van der Waals surface area contributed by atoms with Crippen LogP contribution in [0.1, 0.15) is 27.8 Å². The number of phenols is 4. The second kappa shape index (κ2) is 15.0. The number of sulfone groups is 1. The number of halogens is 3. The molecule has 1 aromatic heterocycles. The number of hydrogen-bond acceptors (Lipinski definition) is 9. The summed E-state index contributed by atoms with van der Waals surface area (Å²) in [6.45, 7) is 0.208. The van der Waals surface area contributed by atoms with E-state index < -0.39 is 27.3 Å². The number of benzene rings is 6. The molecule has 8 rings (SSSR count). The van der Waals surface area contributed by atoms with Crippen LogP contribution in [-0.4, -0.2) is 51.3 Å². The number of aromatic nitrogens is 2. The highest BCUT2D eigenvalue weighted by Crippen LogP contribution is 2.45. The lowest BCUT2D eigenvalue weighted by Gasteiger charge is -2.21. The summed E-state index contributed by atoms with van der Waals surface area (Å²) in [6.07, 6.45) is -2.46. The van der Waals surface area contributed by atoms with E-state index in [0.717, 1.165) is 29.5 Å². The number of imidazole rings is 1. The number of aromatic amines is 1. The van der Waals surface area contributed by atoms with Gasteiger partial charge in [-0.25, -0.2) is 13.2 Å². The van der Waals surface area contributed by atoms with Crippen molar-refractivity contribution in [3.05, 3.63) is 160 Å². The number of rotatable bonds is 7. The van der Waals surface area contributed by atoms with Gasteiger partial charge in [0, 0.05) is 42.4 Å². The number of fused-ring (bicyclic) bond motifs is 2. The van der Waals surface area contributed by atoms with Gasteiger partial charge in [0.05, 0.1) is 50.9 Å². The molecule has 0 unspecified atom stereocenters. The highest BCUT2D eigenvalue weighted by molar-refractivity contribution is 7.90. The lowest BCUT2D eigenvalue weighted by Crippen LogP contribution is -2.16. The molecular formula is C42H35F3N4O7S. The SMILES string of the molecule is CS(=O)(=O)c1ccc2c(c1)[nH]c(=O)n2-c1cc(Cc2ccccc2)c(O)cc1O.Oc1cc(O)c(N2CNc3cc(C(F)(F)F)ccc32)cc1Cc1ccccc1. The van der Waals surface area contributed by atoms with Gasteiger partial charge >= 0.3 is 11.9 Å². The van der Waals surface area contributed by atoms with Crippen molar-refractivity contribution in [2.75, 3.05) is 23.1 Å². The summed E-state index contributed by atoms with van der Waals surface area (Å²) in [6, 6.07) is 32.4. The molecular weight excluding hydrogens is 762 g/mol. The van der Waals surface area contributed by atoms with Crippen molar-refractivity contribution < 1.29 is 42.0 Å². The standard InChI is InChI=1S/C21H17F3N2O2.C21H18N2O5S/c22-21(23,24)15-6-7-17-16(10-15)25-12-26(17)18-9-14(19(27)11-20(18)28)8-13-4-2-1-3-5-13;1-29(27,28)15-7-8-17-16(11-15)22-21(26)23(17)18-10-14(19(24)12-20(18)25)9-13-5-3-2-4-6-13/h1-7,9-11,25,27-28H,8,12H2;2-8,10-12,24-25H,9H2,1H3,(H,22,26). The third kappa shape index (κ3) is 8.09. The first kappa shape index (κ1) is 38.4. The van der Waals surface area contributed by atoms with Crippen LogP contribution in [0.5, 0.6) is 23.0 Å². The average molecular weight is 797 g/mol. The summed E-state index contributed by atoms with van der Waals surface area (Å²) in [5.41, 5.74) is 4.05. The third-order valence-electron chi connectivity index (χ3n) is 9.48. The van der Waals surface area contributed by atoms with Crippen LogP contribution in [0.15, 0.2) is 131 Å². The Kier molecular flexibility index (Phi) is 10.1. The Morgan fingerprint density at radius 3 is 1.79 bits per heavy atom. The van der Waals surface area contributed by atoms with E-state index in [1.807, 2.05) is 60.7 Å². The lowest BCUT2D eigenvalue weighted by molar-refractivity contribution is -0.137. The molecule has 2 heterocycles. The van der Waals surface area contributed by atoms with Crippen molar-refractivity contribution >= 4 is 37.9 Å². The molecule has 0 saturated carbocycles. The molecule has 1 aliphatic heterocycles. The predicted octanol–water partition coefficient (Wildman–Crippen LogP) is 7.95. The maximum Gasteiger partial charge on any atom is 0.416 e. The van der Waals surface area contributed by atoms with E-state index in [4.69, 9.17) is 0 Å². The van der Waals surface area contributed by atoms with E-state index in [1.165, 1.54) is 41.0 Å². The quantitative estimate of drug-likeness (QED) is 0.0938. The monoisotopic (exact) mass is 796 g/mol. The molecule has 6 N–H and O–H groups in total. The van der Waals surface area contributed by atoms with Crippen LogP contribution in [0, 0.1) is 0 Å². The summed E-state index contributed by atoms with van der Waals surface area (Å²) in [5, 5.41) is 44.1. The molecule has 292 valence electrons. The van der Waals surface area contributed by atoms with Crippen LogP contribution < -0.4 is 15.9 Å². The number of H-pyrrole nitrogens is 1. The molecule has 0 amide bonds. The highest BCUT2D eigenvalue weighted by atomic mass is 32.2. The van der Waals surface area contributed by atoms with Crippen LogP contribution >= 0.6 is 0 Å². The maximum absolute atomic E-state index is 12.9. The van der Waals surface area contributed by atoms with E-state index in [-0.39, 0.29) is 40.2 Å². The van der Waals surface area contributed by atoms with E-state index >= 15 is 0 Å². The first-order valence-electron chi connectivity index (χ1n) is 17.4. The first-order valence-corrected chi connectivity index (χ1v) is 19.3. The summed E-state index contributed by atoms with van der Waals surface area (Å²) in [5.74, 6) is -0.536. The van der Waals surface area contributed by atoms with Gasteiger partial charge in [0.15, 0.2) is 9.84 Å². The Labute approximate surface area is 324 Å². The number of nitrogens with one attached hydrogen (secondary N) is 2. The molecule has 0 atom stereocenters. The number of anilines is 3. The summed E-state index contributed by atoms with van der Waals surface area (Å²) < 4.78 is 63.6. The van der Waals surface area contributed by atoms with E-state index in [2.05, 4.69) is 10.3 Å². The van der Waals surface area contributed by atoms with E-state index in [9.17, 15) is 46.8 Å². The fourth-order valence-electron chi connectivity index (χ4n) is 6.64. The fourth-order valence-corrected chi connectivity index (χ4v) is 7.29. The minimum Gasteiger partial charge on any atom is -0.508 e. The van der Waals surface area contributed by atoms with Gasteiger partial charge in [0.1, 0.15) is 23.0 Å². The summed E-state index contributed by atoms with van der Waals surface area (Å²) >= 11 is 0. The van der Waals surface area contributed by atoms with Crippen molar-refractivity contribution in [2.24, 2.45) is 0 Å². The number of phenolic OH excluding ortho intramolecular Hbond substituents is 4. The molecule has 0 radical (unpaired) electrons. The van der Waals surface area contributed by atoms with Gasteiger partial charge in [-0.3, -0.25) is 4.57 Å². The van der Waals surface area contributed by atoms with Crippen molar-refractivity contribution in [2.45, 2.75) is 23.9 Å². The third-order valence-corrected chi connectivity index (χ3v) is 10.6. The fraction of sp³-hybridized carbons (Fsp3) is 0.119. The highest BCUT2D eigenvalue weighted by Gasteiger charge is 2.33. The molecule has 6 aromatic carbocycles. The van der Waals surface area contributed by atoms with E-state index in [1.54, 1.807) is 17.0 Å². The number of hydrogen-bond donors (Lipinski definition) is 6. The Hall–Kier alpha value is -6.87. The molecule has 57 heavy (non-hydrogen) atoms. The van der Waals surface area contributed by atoms with Gasteiger partial charge in [0.2, 0.25) is 0 Å². The molecule has 7 aromatic rings. The lowest BCUT2D eigenvalue weighted by atomic mass is 10.0. The molecule has 15 heteroatoms. The Morgan fingerprint density at radius 2 is 1.23 bits per heavy atom. The smallest absolute Gasteiger partial charge is 0.416 e. The zero-order valence-electron chi connectivity index (χ0n) is 30.1. The number of aromatic hydroxyl groups is 4. The number of nitrogens with zero attached hydrogens (tertiary/aromatic N) is 2. The van der Waals surface area contributed by atoms with E-state index in [0.29, 0.717) is 52.1 Å². The molecule has 0 bridgehead atoms. The Balaban J connectivity index is 0.000000174. The van der Waals surface area contributed by atoms with Gasteiger partial charge in [-0.1, -0.05) is 60.7 Å². The Morgan fingerprint density at radius 1 is 0.667 bits per heavy atom. The van der Waals surface area contributed by atoms with Gasteiger partial charge in [0.25, 0.3) is 0 Å². The summed E-state index contributed by atoms with van der Waals surface area (Å²) in [7, 11) is -3.43. The predicted molar refractivity (Wildman–Crippen MR) is 211 cm³/mol. The van der Waals surface area contributed by atoms with Crippen molar-refractivity contribution in [1.29, 1.82) is 0 Å². The second-order valence-corrected chi connectivity index (χ2v) is 15.5. The van der Waals surface area contributed by atoms with Gasteiger partial charge in [-0.15, -0.1) is 0 Å². The zero-order valence-corrected chi connectivity index (χ0v) is 30.9. The Bertz CT molecular complexity index is 2790. The van der Waals surface area contributed by atoms with Gasteiger partial charge in [-0.05, 0) is 59.7 Å². The summed E-state index contributed by atoms with van der Waals surface area (Å²) in [4.78, 5) is 17.0. The van der Waals surface area contributed by atoms with Crippen LogP contribution in [0.2, 0.25) is 0 Å². The minimum absolute atomic E-state index is 0.0371. The molecule has 0 fully saturated rings. The molecule has 1 aliphatic rings. The van der Waals surface area contributed by atoms with Crippen molar-refractivity contribution in [3.8, 4) is 28.7 Å². The van der Waals surface area contributed by atoms with Crippen LogP contribution in [0.3, 0.4) is 0 Å². The molecule has 0 saturated heterocycles. The largest absolute Gasteiger partial charge is 0.508 e. The van der Waals surface area contributed by atoms with Crippen LogP contribution in [-0.2, 0) is 28.9 Å². The maximum atomic E-state index is 12.9. The van der Waals surface area contributed by atoms with Gasteiger partial charge < -0.3 is 35.6 Å². The normalized spacial score (nSPS) is 12.5. The van der Waals surface area contributed by atoms with Gasteiger partial charge in [-0.2, -0.15) is 13.2 Å². The average Bonchev–Trinajstić information content (AvgIpc) is 3.74. The van der Waals surface area contributed by atoms with Crippen LogP contribution in [0.4, 0.5) is 30.2 Å². The molecule has 0 aliphatic carbocycles. The molecule has 11 nitrogen and oxygen atoms in total. The number of alkyl halides is 3. The van der Waals surface area contributed by atoms with Crippen LogP contribution in [0.25, 0.3) is 16.7 Å². The minimum atomic E-state index is -4.42. The molecule has 0 spiro atoms. The van der Waals surface area contributed by atoms with Crippen molar-refractivity contribution in [3.63, 3.8) is 0 Å². The zero-order chi connectivity index (χ0) is 40.6. The topological polar surface area (TPSA) is 168 Å². The second-order valence-electron chi connectivity index (χ2n) is 13.5. The first-order chi connectivity index (χ1) is 27.1.